The Morgan fingerprint density at radius 1 is 0.972 bits per heavy atom. The third-order valence-corrected chi connectivity index (χ3v) is 8.99. The van der Waals surface area contributed by atoms with Crippen molar-refractivity contribution in [2.45, 2.75) is 56.4 Å². The number of piperidine rings is 1. The second kappa shape index (κ2) is 10.3. The van der Waals surface area contributed by atoms with Gasteiger partial charge in [0.15, 0.2) is 5.65 Å². The zero-order valence-electron chi connectivity index (χ0n) is 21.0. The monoisotopic (exact) mass is 487 g/mol. The van der Waals surface area contributed by atoms with Crippen LogP contribution in [0.15, 0.2) is 54.7 Å². The van der Waals surface area contributed by atoms with Crippen molar-refractivity contribution in [3.8, 4) is 0 Å². The summed E-state index contributed by atoms with van der Waals surface area (Å²) >= 11 is 0. The van der Waals surface area contributed by atoms with Crippen LogP contribution in [-0.2, 0) is 4.79 Å². The molecule has 3 aliphatic rings. The number of hydrogen-bond acceptors (Lipinski definition) is 5. The van der Waals surface area contributed by atoms with Crippen molar-refractivity contribution in [1.29, 1.82) is 0 Å². The molecule has 0 spiro atoms. The smallest absolute Gasteiger partial charge is 0.320 e. The maximum absolute atomic E-state index is 12.3. The Labute approximate surface area is 213 Å². The summed E-state index contributed by atoms with van der Waals surface area (Å²) < 4.78 is 2.13. The first-order valence-electron chi connectivity index (χ1n) is 13.7. The van der Waals surface area contributed by atoms with Gasteiger partial charge in [-0.25, -0.2) is 0 Å². The van der Waals surface area contributed by atoms with Gasteiger partial charge in [-0.1, -0.05) is 55.7 Å². The van der Waals surface area contributed by atoms with Gasteiger partial charge in [0.1, 0.15) is 11.9 Å². The quantitative estimate of drug-likeness (QED) is 0.512. The lowest BCUT2D eigenvalue weighted by molar-refractivity contribution is -0.144. The molecule has 0 unspecified atom stereocenters. The molecular formula is C29H37N5O2. The standard InChI is InChI=1S/C29H37N5O2/c35-29(36)26(17-21-7-6-8-21)33-19-24(25(20-33)22-9-2-1-3-10-22)18-32-15-12-23(13-16-32)28-31-30-27-11-4-5-14-34(27)28/h1-5,9-11,14,21,23-26H,6-8,12-13,15-20H2,(H,35,36)/t24-,25+,26+/m0/s1. The van der Waals surface area contributed by atoms with E-state index in [0.29, 0.717) is 23.7 Å². The van der Waals surface area contributed by atoms with Crippen LogP contribution in [0.4, 0.5) is 0 Å². The number of benzene rings is 1. The van der Waals surface area contributed by atoms with Crippen LogP contribution in [0.25, 0.3) is 5.65 Å². The molecule has 2 aliphatic heterocycles. The lowest BCUT2D eigenvalue weighted by Gasteiger charge is -2.34. The minimum absolute atomic E-state index is 0.349. The summed E-state index contributed by atoms with van der Waals surface area (Å²) in [5.41, 5.74) is 2.27. The molecule has 4 heterocycles. The molecule has 1 aromatic carbocycles. The zero-order valence-corrected chi connectivity index (χ0v) is 21.0. The number of nitrogens with zero attached hydrogens (tertiary/aromatic N) is 5. The predicted octanol–water partition coefficient (Wildman–Crippen LogP) is 4.27. The highest BCUT2D eigenvalue weighted by molar-refractivity contribution is 5.73. The molecule has 1 N–H and O–H groups in total. The molecule has 7 nitrogen and oxygen atoms in total. The van der Waals surface area contributed by atoms with E-state index >= 15 is 0 Å². The van der Waals surface area contributed by atoms with E-state index < -0.39 is 5.97 Å². The number of fused-ring (bicyclic) bond motifs is 1. The van der Waals surface area contributed by atoms with Gasteiger partial charge in [0.2, 0.25) is 0 Å². The first-order valence-corrected chi connectivity index (χ1v) is 13.7. The van der Waals surface area contributed by atoms with Crippen molar-refractivity contribution in [2.24, 2.45) is 11.8 Å². The molecule has 0 amide bonds. The van der Waals surface area contributed by atoms with Gasteiger partial charge in [-0.05, 0) is 61.9 Å². The zero-order chi connectivity index (χ0) is 24.5. The summed E-state index contributed by atoms with van der Waals surface area (Å²) in [6.07, 6.45) is 8.69. The van der Waals surface area contributed by atoms with E-state index in [-0.39, 0.29) is 6.04 Å². The Bertz CT molecular complexity index is 1170. The molecule has 36 heavy (non-hydrogen) atoms. The number of aliphatic carboxylic acids is 1. The molecule has 1 aliphatic carbocycles. The molecule has 1 saturated carbocycles. The Hall–Kier alpha value is -2.77. The first kappa shape index (κ1) is 23.6. The second-order valence-corrected chi connectivity index (χ2v) is 11.2. The lowest BCUT2D eigenvalue weighted by Crippen LogP contribution is -2.43. The fourth-order valence-corrected chi connectivity index (χ4v) is 6.72. The van der Waals surface area contributed by atoms with E-state index in [9.17, 15) is 9.90 Å². The fourth-order valence-electron chi connectivity index (χ4n) is 6.72. The number of likely N-dealkylation sites (tertiary alicyclic amines) is 2. The molecule has 0 bridgehead atoms. The Kier molecular flexibility index (Phi) is 6.76. The van der Waals surface area contributed by atoms with Crippen molar-refractivity contribution >= 4 is 11.6 Å². The average molecular weight is 488 g/mol. The van der Waals surface area contributed by atoms with Crippen LogP contribution in [0.5, 0.6) is 0 Å². The van der Waals surface area contributed by atoms with Gasteiger partial charge in [0.25, 0.3) is 0 Å². The topological polar surface area (TPSA) is 74.0 Å². The molecule has 0 radical (unpaired) electrons. The van der Waals surface area contributed by atoms with Crippen molar-refractivity contribution in [2.75, 3.05) is 32.7 Å². The Morgan fingerprint density at radius 2 is 1.75 bits per heavy atom. The number of aromatic nitrogens is 3. The number of pyridine rings is 1. The minimum atomic E-state index is -0.643. The minimum Gasteiger partial charge on any atom is -0.480 e. The highest BCUT2D eigenvalue weighted by atomic mass is 16.4. The van der Waals surface area contributed by atoms with Crippen molar-refractivity contribution in [1.82, 2.24) is 24.4 Å². The van der Waals surface area contributed by atoms with Crippen molar-refractivity contribution in [3.63, 3.8) is 0 Å². The second-order valence-electron chi connectivity index (χ2n) is 11.2. The molecule has 3 fully saturated rings. The lowest BCUT2D eigenvalue weighted by atomic mass is 9.80. The Balaban J connectivity index is 1.14. The van der Waals surface area contributed by atoms with Gasteiger partial charge in [0.05, 0.1) is 0 Å². The van der Waals surface area contributed by atoms with Crippen LogP contribution in [0.2, 0.25) is 0 Å². The highest BCUT2D eigenvalue weighted by Crippen LogP contribution is 2.38. The number of carboxylic acids is 1. The van der Waals surface area contributed by atoms with E-state index in [0.717, 1.165) is 63.5 Å². The van der Waals surface area contributed by atoms with Gasteiger partial charge < -0.3 is 10.0 Å². The molecule has 2 saturated heterocycles. The summed E-state index contributed by atoms with van der Waals surface area (Å²) in [5.74, 6) is 2.29. The normalized spacial score (nSPS) is 25.2. The number of carboxylic acid groups (broad SMARTS) is 1. The summed E-state index contributed by atoms with van der Waals surface area (Å²) in [7, 11) is 0. The van der Waals surface area contributed by atoms with Crippen LogP contribution >= 0.6 is 0 Å². The van der Waals surface area contributed by atoms with Gasteiger partial charge in [0, 0.05) is 37.7 Å². The molecular weight excluding hydrogens is 450 g/mol. The van der Waals surface area contributed by atoms with Crippen LogP contribution in [0, 0.1) is 11.8 Å². The maximum atomic E-state index is 12.3. The summed E-state index contributed by atoms with van der Waals surface area (Å²) in [6.45, 7) is 4.85. The molecule has 7 heteroatoms. The van der Waals surface area contributed by atoms with Gasteiger partial charge >= 0.3 is 5.97 Å². The number of carbonyl (C=O) groups is 1. The molecule has 3 aromatic rings. The third-order valence-electron chi connectivity index (χ3n) is 8.99. The number of hydrogen-bond donors (Lipinski definition) is 1. The van der Waals surface area contributed by atoms with E-state index in [2.05, 4.69) is 60.9 Å². The largest absolute Gasteiger partial charge is 0.480 e. The first-order chi connectivity index (χ1) is 17.7. The maximum Gasteiger partial charge on any atom is 0.320 e. The van der Waals surface area contributed by atoms with Crippen LogP contribution in [-0.4, -0.2) is 74.2 Å². The van der Waals surface area contributed by atoms with Crippen molar-refractivity contribution in [3.05, 3.63) is 66.1 Å². The van der Waals surface area contributed by atoms with E-state index in [1.807, 2.05) is 18.2 Å². The molecule has 3 atom stereocenters. The SMILES string of the molecule is O=C(O)[C@@H](CC1CCC1)N1C[C@H](CN2CCC(c3nnc4ccccn34)CC2)[C@@H](c2ccccc2)C1. The average Bonchev–Trinajstić information content (AvgIpc) is 3.49. The molecule has 6 rings (SSSR count). The van der Waals surface area contributed by atoms with Gasteiger partial charge in [-0.3, -0.25) is 14.1 Å². The van der Waals surface area contributed by atoms with Gasteiger partial charge in [-0.15, -0.1) is 10.2 Å². The Morgan fingerprint density at radius 3 is 2.47 bits per heavy atom. The highest BCUT2D eigenvalue weighted by Gasteiger charge is 2.41. The summed E-state index contributed by atoms with van der Waals surface area (Å²) in [6, 6.07) is 16.5. The van der Waals surface area contributed by atoms with Crippen molar-refractivity contribution < 1.29 is 9.90 Å². The summed E-state index contributed by atoms with van der Waals surface area (Å²) in [4.78, 5) is 17.2. The molecule has 190 valence electrons. The molecule has 2 aromatic heterocycles. The number of rotatable bonds is 8. The third kappa shape index (κ3) is 4.78. The van der Waals surface area contributed by atoms with Crippen LogP contribution in [0.1, 0.15) is 61.7 Å². The predicted molar refractivity (Wildman–Crippen MR) is 139 cm³/mol. The summed E-state index contributed by atoms with van der Waals surface area (Å²) in [5, 5.41) is 19.0. The van der Waals surface area contributed by atoms with E-state index in [1.54, 1.807) is 0 Å². The van der Waals surface area contributed by atoms with E-state index in [4.69, 9.17) is 0 Å². The van der Waals surface area contributed by atoms with Crippen LogP contribution in [0.3, 0.4) is 0 Å². The van der Waals surface area contributed by atoms with E-state index in [1.165, 1.54) is 24.8 Å². The van der Waals surface area contributed by atoms with Gasteiger partial charge in [-0.2, -0.15) is 0 Å². The van der Waals surface area contributed by atoms with Crippen LogP contribution < -0.4 is 0 Å². The fraction of sp³-hybridized carbons (Fsp3) is 0.552.